The largest absolute Gasteiger partial charge is 0.465 e. The minimum absolute atomic E-state index is 0.330. The number of fused-ring (bicyclic) bond motifs is 1. The average molecular weight is 303 g/mol. The molecule has 0 N–H and O–H groups in total. The number of esters is 1. The predicted molar refractivity (Wildman–Crippen MR) is 77.3 cm³/mol. The van der Waals surface area contributed by atoms with Crippen LogP contribution in [0.3, 0.4) is 0 Å². The van der Waals surface area contributed by atoms with Gasteiger partial charge in [-0.1, -0.05) is 11.6 Å². The van der Waals surface area contributed by atoms with E-state index in [0.717, 1.165) is 11.1 Å². The van der Waals surface area contributed by atoms with Crippen LogP contribution in [0, 0.1) is 6.92 Å². The minimum atomic E-state index is -0.471. The van der Waals surface area contributed by atoms with Crippen LogP contribution in [-0.2, 0) is 4.74 Å². The van der Waals surface area contributed by atoms with Crippen molar-refractivity contribution in [1.82, 2.24) is 19.6 Å². The Balaban J connectivity index is 2.25. The van der Waals surface area contributed by atoms with E-state index in [9.17, 15) is 4.79 Å². The lowest BCUT2D eigenvalue weighted by Crippen LogP contribution is -2.04. The molecular weight excluding hydrogens is 292 g/mol. The van der Waals surface area contributed by atoms with Crippen LogP contribution in [0.4, 0.5) is 0 Å². The quantitative estimate of drug-likeness (QED) is 0.680. The van der Waals surface area contributed by atoms with Crippen molar-refractivity contribution >= 4 is 23.2 Å². The summed E-state index contributed by atoms with van der Waals surface area (Å²) >= 11 is 6.15. The van der Waals surface area contributed by atoms with E-state index in [-0.39, 0.29) is 0 Å². The molecule has 0 bridgehead atoms. The van der Waals surface area contributed by atoms with Crippen LogP contribution < -0.4 is 0 Å². The lowest BCUT2D eigenvalue weighted by molar-refractivity contribution is 0.0600. The van der Waals surface area contributed by atoms with E-state index in [4.69, 9.17) is 16.3 Å². The summed E-state index contributed by atoms with van der Waals surface area (Å²) in [5.41, 5.74) is 2.59. The molecule has 0 radical (unpaired) electrons. The number of rotatable bonds is 2. The summed E-state index contributed by atoms with van der Waals surface area (Å²) in [6.45, 7) is 1.94. The molecular formula is C14H11ClN4O2. The van der Waals surface area contributed by atoms with Crippen molar-refractivity contribution in [1.29, 1.82) is 0 Å². The Labute approximate surface area is 125 Å². The summed E-state index contributed by atoms with van der Waals surface area (Å²) in [4.78, 5) is 15.8. The Morgan fingerprint density at radius 3 is 2.81 bits per heavy atom. The molecule has 7 heteroatoms. The van der Waals surface area contributed by atoms with Gasteiger partial charge in [0.2, 0.25) is 0 Å². The van der Waals surface area contributed by atoms with Crippen molar-refractivity contribution in [2.24, 2.45) is 0 Å². The number of aryl methyl sites for hydroxylation is 1. The number of hydrogen-bond acceptors (Lipinski definition) is 5. The van der Waals surface area contributed by atoms with Crippen molar-refractivity contribution in [2.45, 2.75) is 6.92 Å². The molecule has 0 aliphatic heterocycles. The highest BCUT2D eigenvalue weighted by Crippen LogP contribution is 2.24. The summed E-state index contributed by atoms with van der Waals surface area (Å²) in [5.74, 6) is 0.0923. The molecule has 21 heavy (non-hydrogen) atoms. The number of carbonyl (C=O) groups excluding carboxylic acids is 1. The van der Waals surface area contributed by atoms with Crippen molar-refractivity contribution in [3.05, 3.63) is 46.9 Å². The van der Waals surface area contributed by atoms with E-state index < -0.39 is 5.97 Å². The predicted octanol–water partition coefficient (Wildman–Crippen LogP) is 2.54. The molecule has 0 aromatic carbocycles. The van der Waals surface area contributed by atoms with E-state index in [1.807, 2.05) is 13.0 Å². The fourth-order valence-electron chi connectivity index (χ4n) is 2.06. The van der Waals surface area contributed by atoms with Gasteiger partial charge in [-0.3, -0.25) is 9.38 Å². The van der Waals surface area contributed by atoms with Gasteiger partial charge >= 0.3 is 5.97 Å². The normalized spacial score (nSPS) is 10.8. The third-order valence-corrected chi connectivity index (χ3v) is 3.29. The Hall–Kier alpha value is -2.47. The SMILES string of the molecule is COC(=O)c1cc(Cl)c2nnc(-c3cncc(C)c3)n2c1. The van der Waals surface area contributed by atoms with Crippen molar-refractivity contribution < 1.29 is 9.53 Å². The van der Waals surface area contributed by atoms with E-state index in [1.165, 1.54) is 13.2 Å². The van der Waals surface area contributed by atoms with Gasteiger partial charge in [0.05, 0.1) is 17.7 Å². The third kappa shape index (κ3) is 2.34. The maximum atomic E-state index is 11.7. The van der Waals surface area contributed by atoms with Gasteiger partial charge in [-0.2, -0.15) is 0 Å². The van der Waals surface area contributed by atoms with E-state index in [2.05, 4.69) is 15.2 Å². The maximum Gasteiger partial charge on any atom is 0.339 e. The highest BCUT2D eigenvalue weighted by Gasteiger charge is 2.15. The number of ether oxygens (including phenoxy) is 1. The van der Waals surface area contributed by atoms with E-state index in [1.54, 1.807) is 23.0 Å². The first-order chi connectivity index (χ1) is 10.1. The third-order valence-electron chi connectivity index (χ3n) is 3.01. The van der Waals surface area contributed by atoms with Crippen molar-refractivity contribution in [2.75, 3.05) is 7.11 Å². The molecule has 0 fully saturated rings. The summed E-state index contributed by atoms with van der Waals surface area (Å²) in [6.07, 6.45) is 5.03. The second-order valence-electron chi connectivity index (χ2n) is 4.54. The minimum Gasteiger partial charge on any atom is -0.465 e. The van der Waals surface area contributed by atoms with Crippen LogP contribution in [0.2, 0.25) is 5.02 Å². The van der Waals surface area contributed by atoms with Crippen molar-refractivity contribution in [3.63, 3.8) is 0 Å². The molecule has 3 aromatic heterocycles. The molecule has 0 amide bonds. The zero-order valence-electron chi connectivity index (χ0n) is 11.4. The first-order valence-electron chi connectivity index (χ1n) is 6.15. The smallest absolute Gasteiger partial charge is 0.339 e. The summed E-state index contributed by atoms with van der Waals surface area (Å²) < 4.78 is 6.38. The average Bonchev–Trinajstić information content (AvgIpc) is 2.90. The monoisotopic (exact) mass is 302 g/mol. The number of carbonyl (C=O) groups is 1. The molecule has 6 nitrogen and oxygen atoms in total. The van der Waals surface area contributed by atoms with Crippen LogP contribution in [0.5, 0.6) is 0 Å². The molecule has 0 aliphatic carbocycles. The van der Waals surface area contributed by atoms with Gasteiger partial charge in [-0.25, -0.2) is 4.79 Å². The fourth-order valence-corrected chi connectivity index (χ4v) is 2.30. The molecule has 3 heterocycles. The van der Waals surface area contributed by atoms with Crippen LogP contribution in [-0.4, -0.2) is 32.7 Å². The van der Waals surface area contributed by atoms with E-state index in [0.29, 0.717) is 22.1 Å². The zero-order chi connectivity index (χ0) is 15.0. The first kappa shape index (κ1) is 13.5. The molecule has 0 aliphatic rings. The van der Waals surface area contributed by atoms with Gasteiger partial charge in [-0.15, -0.1) is 10.2 Å². The van der Waals surface area contributed by atoms with Gasteiger partial charge in [-0.05, 0) is 24.6 Å². The van der Waals surface area contributed by atoms with Gasteiger partial charge in [0.1, 0.15) is 0 Å². The Kier molecular flexibility index (Phi) is 3.31. The lowest BCUT2D eigenvalue weighted by atomic mass is 10.2. The van der Waals surface area contributed by atoms with Crippen LogP contribution in [0.1, 0.15) is 15.9 Å². The number of halogens is 1. The zero-order valence-corrected chi connectivity index (χ0v) is 12.1. The second-order valence-corrected chi connectivity index (χ2v) is 4.94. The second kappa shape index (κ2) is 5.14. The highest BCUT2D eigenvalue weighted by molar-refractivity contribution is 6.33. The number of aromatic nitrogens is 4. The highest BCUT2D eigenvalue weighted by atomic mass is 35.5. The summed E-state index contributed by atoms with van der Waals surface area (Å²) in [5, 5.41) is 8.51. The van der Waals surface area contributed by atoms with Gasteiger partial charge in [0.25, 0.3) is 0 Å². The maximum absolute atomic E-state index is 11.7. The summed E-state index contributed by atoms with van der Waals surface area (Å²) in [6, 6.07) is 3.44. The van der Waals surface area contributed by atoms with Crippen LogP contribution in [0.15, 0.2) is 30.7 Å². The molecule has 3 rings (SSSR count). The lowest BCUT2D eigenvalue weighted by Gasteiger charge is -2.04. The molecule has 0 atom stereocenters. The fraction of sp³-hybridized carbons (Fsp3) is 0.143. The molecule has 0 saturated carbocycles. The molecule has 0 spiro atoms. The summed E-state index contributed by atoms with van der Waals surface area (Å²) in [7, 11) is 1.32. The number of hydrogen-bond donors (Lipinski definition) is 0. The van der Waals surface area contributed by atoms with Gasteiger partial charge in [0, 0.05) is 24.2 Å². The molecule has 0 saturated heterocycles. The molecule has 3 aromatic rings. The first-order valence-corrected chi connectivity index (χ1v) is 6.52. The Morgan fingerprint density at radius 1 is 1.29 bits per heavy atom. The Morgan fingerprint density at radius 2 is 2.10 bits per heavy atom. The van der Waals surface area contributed by atoms with Crippen molar-refractivity contribution in [3.8, 4) is 11.4 Å². The van der Waals surface area contributed by atoms with E-state index >= 15 is 0 Å². The topological polar surface area (TPSA) is 69.4 Å². The number of methoxy groups -OCH3 is 1. The standard InChI is InChI=1S/C14H11ClN4O2/c1-8-3-9(6-16-5-8)12-17-18-13-11(15)4-10(7-19(12)13)14(20)21-2/h3-7H,1-2H3. The Bertz CT molecular complexity index is 844. The number of nitrogens with zero attached hydrogens (tertiary/aromatic N) is 4. The van der Waals surface area contributed by atoms with Crippen LogP contribution >= 0.6 is 11.6 Å². The van der Waals surface area contributed by atoms with Gasteiger partial charge in [0.15, 0.2) is 11.5 Å². The molecule has 106 valence electrons. The number of pyridine rings is 2. The van der Waals surface area contributed by atoms with Gasteiger partial charge < -0.3 is 4.74 Å². The molecule has 0 unspecified atom stereocenters. The van der Waals surface area contributed by atoms with Crippen LogP contribution in [0.25, 0.3) is 17.0 Å².